The number of esters is 1. The number of likely N-dealkylation sites (N-methyl/N-ethyl adjacent to an activating group) is 1. The molecule has 0 bridgehead atoms. The molecule has 0 heterocycles. The first-order valence-corrected chi connectivity index (χ1v) is 7.04. The van der Waals surface area contributed by atoms with Crippen molar-refractivity contribution < 1.29 is 22.5 Å². The van der Waals surface area contributed by atoms with Crippen LogP contribution in [-0.4, -0.2) is 55.8 Å². The molecule has 1 N–H and O–H groups in total. The monoisotopic (exact) mass is 267 g/mol. The molecule has 0 aliphatic rings. The summed E-state index contributed by atoms with van der Waals surface area (Å²) in [7, 11) is -0.752. The highest BCUT2D eigenvalue weighted by Crippen LogP contribution is 2.19. The van der Waals surface area contributed by atoms with Crippen LogP contribution in [-0.2, 0) is 19.6 Å². The van der Waals surface area contributed by atoms with Crippen LogP contribution in [0.5, 0.6) is 0 Å². The summed E-state index contributed by atoms with van der Waals surface area (Å²) in [5, 5.41) is 0. The van der Waals surface area contributed by atoms with Gasteiger partial charge in [0.05, 0.1) is 12.4 Å². The van der Waals surface area contributed by atoms with Gasteiger partial charge >= 0.3 is 5.97 Å². The second kappa shape index (κ2) is 6.32. The zero-order valence-electron chi connectivity index (χ0n) is 10.8. The first-order chi connectivity index (χ1) is 7.63. The summed E-state index contributed by atoms with van der Waals surface area (Å²) in [5.41, 5.74) is -1.05. The Kier molecular flexibility index (Phi) is 6.08. The van der Waals surface area contributed by atoms with Crippen molar-refractivity contribution in [2.45, 2.75) is 32.2 Å². The summed E-state index contributed by atoms with van der Waals surface area (Å²) in [6, 6.07) is 0. The molecule has 17 heavy (non-hydrogen) atoms. The number of nitrogens with zero attached hydrogens (tertiary/aromatic N) is 1. The second-order valence-electron chi connectivity index (χ2n) is 4.34. The lowest BCUT2D eigenvalue weighted by Gasteiger charge is -2.33. The third-order valence-electron chi connectivity index (χ3n) is 2.71. The zero-order chi connectivity index (χ0) is 13.7. The van der Waals surface area contributed by atoms with Gasteiger partial charge < -0.3 is 4.74 Å². The summed E-state index contributed by atoms with van der Waals surface area (Å²) < 4.78 is 35.2. The number of hydrogen-bond donors (Lipinski definition) is 1. The quantitative estimate of drug-likeness (QED) is 0.535. The Bertz CT molecular complexity index is 352. The van der Waals surface area contributed by atoms with Crippen LogP contribution in [0.4, 0.5) is 0 Å². The third kappa shape index (κ3) is 5.47. The molecule has 102 valence electrons. The van der Waals surface area contributed by atoms with E-state index < -0.39 is 27.4 Å². The van der Waals surface area contributed by atoms with Crippen LogP contribution in [0, 0.1) is 0 Å². The maximum atomic E-state index is 11.8. The van der Waals surface area contributed by atoms with Gasteiger partial charge in [0.1, 0.15) is 5.54 Å². The molecule has 0 fully saturated rings. The van der Waals surface area contributed by atoms with Crippen LogP contribution in [0.3, 0.4) is 0 Å². The highest BCUT2D eigenvalue weighted by molar-refractivity contribution is 7.85. The van der Waals surface area contributed by atoms with Gasteiger partial charge in [0.15, 0.2) is 0 Å². The SMILES string of the molecule is CCCOC(=O)C(C)(CCS(=O)(=O)O)N(C)C. The summed E-state index contributed by atoms with van der Waals surface area (Å²) in [5.74, 6) is -0.948. The Labute approximate surface area is 103 Å². The Morgan fingerprint density at radius 2 is 1.94 bits per heavy atom. The molecule has 0 aliphatic heterocycles. The lowest BCUT2D eigenvalue weighted by Crippen LogP contribution is -2.50. The molecular formula is C10H21NO5S. The minimum absolute atomic E-state index is 0.0125. The van der Waals surface area contributed by atoms with E-state index in [1.54, 1.807) is 25.9 Å². The van der Waals surface area contributed by atoms with Crippen molar-refractivity contribution in [3.8, 4) is 0 Å². The second-order valence-corrected chi connectivity index (χ2v) is 5.91. The van der Waals surface area contributed by atoms with E-state index in [4.69, 9.17) is 9.29 Å². The molecule has 0 radical (unpaired) electrons. The summed E-state index contributed by atoms with van der Waals surface area (Å²) in [4.78, 5) is 13.4. The lowest BCUT2D eigenvalue weighted by molar-refractivity contribution is -0.156. The van der Waals surface area contributed by atoms with Gasteiger partial charge in [0.2, 0.25) is 0 Å². The van der Waals surface area contributed by atoms with E-state index in [-0.39, 0.29) is 6.42 Å². The van der Waals surface area contributed by atoms with E-state index in [1.807, 2.05) is 6.92 Å². The number of ether oxygens (including phenoxy) is 1. The molecule has 0 spiro atoms. The first-order valence-electron chi connectivity index (χ1n) is 5.43. The maximum absolute atomic E-state index is 11.8. The molecule has 6 nitrogen and oxygen atoms in total. The van der Waals surface area contributed by atoms with Crippen molar-refractivity contribution >= 4 is 16.1 Å². The van der Waals surface area contributed by atoms with Crippen LogP contribution in [0.15, 0.2) is 0 Å². The smallest absolute Gasteiger partial charge is 0.326 e. The Balaban J connectivity index is 4.73. The molecule has 1 atom stereocenters. The molecule has 0 aliphatic carbocycles. The first kappa shape index (κ1) is 16.3. The topological polar surface area (TPSA) is 83.9 Å². The van der Waals surface area contributed by atoms with Crippen molar-refractivity contribution in [3.63, 3.8) is 0 Å². The summed E-state index contributed by atoms with van der Waals surface area (Å²) >= 11 is 0. The lowest BCUT2D eigenvalue weighted by atomic mass is 9.98. The van der Waals surface area contributed by atoms with Gasteiger partial charge in [-0.25, -0.2) is 0 Å². The highest BCUT2D eigenvalue weighted by Gasteiger charge is 2.38. The fraction of sp³-hybridized carbons (Fsp3) is 0.900. The minimum atomic E-state index is -4.08. The van der Waals surface area contributed by atoms with E-state index in [0.29, 0.717) is 13.0 Å². The van der Waals surface area contributed by atoms with E-state index in [2.05, 4.69) is 0 Å². The van der Waals surface area contributed by atoms with E-state index in [9.17, 15) is 13.2 Å². The molecule has 0 rings (SSSR count). The van der Waals surface area contributed by atoms with Crippen molar-refractivity contribution in [2.24, 2.45) is 0 Å². The van der Waals surface area contributed by atoms with Gasteiger partial charge in [-0.3, -0.25) is 14.2 Å². The van der Waals surface area contributed by atoms with E-state index >= 15 is 0 Å². The fourth-order valence-corrected chi connectivity index (χ4v) is 1.84. The molecule has 0 aromatic carbocycles. The number of rotatable bonds is 7. The van der Waals surface area contributed by atoms with Gasteiger partial charge in [-0.05, 0) is 33.9 Å². The summed E-state index contributed by atoms with van der Waals surface area (Å²) in [6.07, 6.45) is 0.689. The third-order valence-corrected chi connectivity index (χ3v) is 3.43. The molecule has 0 aromatic rings. The molecule has 1 unspecified atom stereocenters. The van der Waals surface area contributed by atoms with Crippen LogP contribution in [0.1, 0.15) is 26.7 Å². The molecule has 0 amide bonds. The van der Waals surface area contributed by atoms with Gasteiger partial charge in [-0.15, -0.1) is 0 Å². The Morgan fingerprint density at radius 1 is 1.41 bits per heavy atom. The average Bonchev–Trinajstić information content (AvgIpc) is 2.20. The number of hydrogen-bond acceptors (Lipinski definition) is 5. The molecular weight excluding hydrogens is 246 g/mol. The standard InChI is InChI=1S/C10H21NO5S/c1-5-7-16-9(12)10(2,11(3)4)6-8-17(13,14)15/h5-8H2,1-4H3,(H,13,14,15). The Hall–Kier alpha value is -0.660. The fourth-order valence-electron chi connectivity index (χ4n) is 1.19. The maximum Gasteiger partial charge on any atom is 0.326 e. The van der Waals surface area contributed by atoms with Crippen molar-refractivity contribution in [1.29, 1.82) is 0 Å². The highest BCUT2D eigenvalue weighted by atomic mass is 32.2. The zero-order valence-corrected chi connectivity index (χ0v) is 11.6. The van der Waals surface area contributed by atoms with Crippen molar-refractivity contribution in [3.05, 3.63) is 0 Å². The average molecular weight is 267 g/mol. The molecule has 0 saturated carbocycles. The van der Waals surface area contributed by atoms with Crippen LogP contribution < -0.4 is 0 Å². The molecule has 7 heteroatoms. The van der Waals surface area contributed by atoms with Gasteiger partial charge in [-0.1, -0.05) is 6.92 Å². The Morgan fingerprint density at radius 3 is 2.29 bits per heavy atom. The van der Waals surface area contributed by atoms with Crippen molar-refractivity contribution in [2.75, 3.05) is 26.5 Å². The largest absolute Gasteiger partial charge is 0.464 e. The predicted octanol–water partition coefficient (Wildman–Crippen LogP) is 0.538. The van der Waals surface area contributed by atoms with Gasteiger partial charge in [-0.2, -0.15) is 8.42 Å². The van der Waals surface area contributed by atoms with Crippen LogP contribution in [0.2, 0.25) is 0 Å². The van der Waals surface area contributed by atoms with Crippen LogP contribution in [0.25, 0.3) is 0 Å². The van der Waals surface area contributed by atoms with E-state index in [0.717, 1.165) is 0 Å². The van der Waals surface area contributed by atoms with Gasteiger partial charge in [0, 0.05) is 0 Å². The number of carbonyl (C=O) groups is 1. The van der Waals surface area contributed by atoms with Crippen molar-refractivity contribution in [1.82, 2.24) is 4.90 Å². The molecule has 0 saturated heterocycles. The minimum Gasteiger partial charge on any atom is -0.464 e. The van der Waals surface area contributed by atoms with Gasteiger partial charge in [0.25, 0.3) is 10.1 Å². The normalized spacial score (nSPS) is 15.6. The summed E-state index contributed by atoms with van der Waals surface area (Å²) in [6.45, 7) is 3.77. The van der Waals surface area contributed by atoms with E-state index in [1.165, 1.54) is 0 Å². The molecule has 0 aromatic heterocycles. The number of carbonyl (C=O) groups excluding carboxylic acids is 1. The predicted molar refractivity (Wildman–Crippen MR) is 64.4 cm³/mol. The van der Waals surface area contributed by atoms with Crippen LogP contribution >= 0.6 is 0 Å².